The number of benzene rings is 1. The normalized spacial score (nSPS) is 12.8. The number of alkyl halides is 1. The molecule has 4 N–H and O–H groups in total. The third-order valence-corrected chi connectivity index (χ3v) is 1.77. The van der Waals surface area contributed by atoms with Gasteiger partial charge >= 0.3 is 0 Å². The van der Waals surface area contributed by atoms with Gasteiger partial charge in [0, 0.05) is 5.56 Å². The van der Waals surface area contributed by atoms with Crippen LogP contribution in [0.15, 0.2) is 18.2 Å². The molecule has 72 valence electrons. The van der Waals surface area contributed by atoms with E-state index in [0.717, 1.165) is 0 Å². The number of halogens is 1. The molecule has 0 amide bonds. The van der Waals surface area contributed by atoms with Crippen molar-refractivity contribution in [1.29, 1.82) is 0 Å². The maximum Gasteiger partial charge on any atom is 0.130 e. The van der Waals surface area contributed by atoms with Gasteiger partial charge in [0.25, 0.3) is 0 Å². The lowest BCUT2D eigenvalue weighted by Gasteiger charge is -2.09. The monoisotopic (exact) mass is 185 g/mol. The Morgan fingerprint density at radius 3 is 2.69 bits per heavy atom. The summed E-state index contributed by atoms with van der Waals surface area (Å²) in [7, 11) is 0. The minimum absolute atomic E-state index is 0.0625. The maximum absolute atomic E-state index is 13.2. The molecule has 0 saturated heterocycles. The summed E-state index contributed by atoms with van der Waals surface area (Å²) in [4.78, 5) is 0. The van der Waals surface area contributed by atoms with Crippen LogP contribution in [0.2, 0.25) is 0 Å². The summed E-state index contributed by atoms with van der Waals surface area (Å²) in [6.45, 7) is 0.205. The predicted molar refractivity (Wildman–Crippen MR) is 47.3 cm³/mol. The van der Waals surface area contributed by atoms with Crippen LogP contribution in [-0.4, -0.2) is 16.8 Å². The zero-order valence-corrected chi connectivity index (χ0v) is 7.07. The van der Waals surface area contributed by atoms with E-state index in [4.69, 9.17) is 10.8 Å². The van der Waals surface area contributed by atoms with Crippen LogP contribution in [0.5, 0.6) is 11.5 Å². The number of phenols is 2. The van der Waals surface area contributed by atoms with Crippen LogP contribution in [0.25, 0.3) is 0 Å². The second-order valence-electron chi connectivity index (χ2n) is 2.79. The summed E-state index contributed by atoms with van der Waals surface area (Å²) >= 11 is 0. The first-order valence-corrected chi connectivity index (χ1v) is 4.01. The first-order chi connectivity index (χ1) is 6.15. The van der Waals surface area contributed by atoms with Crippen LogP contribution in [0.3, 0.4) is 0 Å². The Balaban J connectivity index is 2.91. The molecule has 0 fully saturated rings. The van der Waals surface area contributed by atoms with Crippen molar-refractivity contribution in [2.75, 3.05) is 6.54 Å². The quantitative estimate of drug-likeness (QED) is 0.624. The highest BCUT2D eigenvalue weighted by Crippen LogP contribution is 2.31. The zero-order chi connectivity index (χ0) is 9.84. The maximum atomic E-state index is 13.2. The smallest absolute Gasteiger partial charge is 0.130 e. The molecule has 0 saturated carbocycles. The Bertz CT molecular complexity index is 291. The van der Waals surface area contributed by atoms with Gasteiger partial charge in [0.15, 0.2) is 0 Å². The van der Waals surface area contributed by atoms with Crippen LogP contribution in [0.4, 0.5) is 4.39 Å². The molecule has 4 heteroatoms. The van der Waals surface area contributed by atoms with E-state index in [-0.39, 0.29) is 30.0 Å². The Morgan fingerprint density at radius 1 is 1.38 bits per heavy atom. The molecule has 0 aromatic heterocycles. The average molecular weight is 185 g/mol. The van der Waals surface area contributed by atoms with Crippen LogP contribution < -0.4 is 5.73 Å². The molecule has 0 bridgehead atoms. The van der Waals surface area contributed by atoms with Crippen molar-refractivity contribution in [2.45, 2.75) is 12.6 Å². The highest BCUT2D eigenvalue weighted by Gasteiger charge is 2.13. The van der Waals surface area contributed by atoms with Crippen LogP contribution in [0.1, 0.15) is 18.2 Å². The molecule has 1 aromatic carbocycles. The fourth-order valence-corrected chi connectivity index (χ4v) is 1.09. The van der Waals surface area contributed by atoms with Gasteiger partial charge in [-0.05, 0) is 31.2 Å². The highest BCUT2D eigenvalue weighted by molar-refractivity contribution is 5.39. The molecule has 3 nitrogen and oxygen atoms in total. The van der Waals surface area contributed by atoms with Gasteiger partial charge in [0.2, 0.25) is 0 Å². The van der Waals surface area contributed by atoms with Crippen molar-refractivity contribution in [2.24, 2.45) is 5.73 Å². The van der Waals surface area contributed by atoms with E-state index in [1.165, 1.54) is 18.2 Å². The fraction of sp³-hybridized carbons (Fsp3) is 0.333. The van der Waals surface area contributed by atoms with Crippen molar-refractivity contribution in [3.63, 3.8) is 0 Å². The third-order valence-electron chi connectivity index (χ3n) is 1.77. The van der Waals surface area contributed by atoms with Crippen molar-refractivity contribution < 1.29 is 14.6 Å². The molecule has 0 aliphatic heterocycles. The number of hydrogen-bond donors (Lipinski definition) is 3. The summed E-state index contributed by atoms with van der Waals surface area (Å²) in [5, 5.41) is 18.3. The average Bonchev–Trinajstić information content (AvgIpc) is 2.09. The second kappa shape index (κ2) is 4.09. The number of hydrogen-bond acceptors (Lipinski definition) is 3. The lowest BCUT2D eigenvalue weighted by molar-refractivity contribution is 0.314. The molecular formula is C9H12FNO2. The summed E-state index contributed by atoms with van der Waals surface area (Å²) in [6.07, 6.45) is -1.19. The largest absolute Gasteiger partial charge is 0.508 e. The van der Waals surface area contributed by atoms with E-state index >= 15 is 0 Å². The Morgan fingerprint density at radius 2 is 2.08 bits per heavy atom. The van der Waals surface area contributed by atoms with Gasteiger partial charge in [0.1, 0.15) is 17.7 Å². The standard InChI is InChI=1S/C9H12FNO2/c10-8(3-4-11)7-5-6(12)1-2-9(7)13/h1-2,5,8,12-13H,3-4,11H2. The van der Waals surface area contributed by atoms with E-state index < -0.39 is 6.17 Å². The minimum atomic E-state index is -1.32. The van der Waals surface area contributed by atoms with E-state index in [1.807, 2.05) is 0 Å². The minimum Gasteiger partial charge on any atom is -0.508 e. The van der Waals surface area contributed by atoms with Crippen LogP contribution >= 0.6 is 0 Å². The molecule has 1 rings (SSSR count). The van der Waals surface area contributed by atoms with E-state index in [0.29, 0.717) is 0 Å². The van der Waals surface area contributed by atoms with E-state index in [1.54, 1.807) is 0 Å². The number of aromatic hydroxyl groups is 2. The van der Waals surface area contributed by atoms with E-state index in [2.05, 4.69) is 0 Å². The number of phenolic OH excluding ortho intramolecular Hbond substituents is 2. The highest BCUT2D eigenvalue weighted by atomic mass is 19.1. The van der Waals surface area contributed by atoms with Crippen molar-refractivity contribution in [3.05, 3.63) is 23.8 Å². The lowest BCUT2D eigenvalue weighted by atomic mass is 10.1. The SMILES string of the molecule is NCCC(F)c1cc(O)ccc1O. The van der Waals surface area contributed by atoms with Gasteiger partial charge in [-0.15, -0.1) is 0 Å². The molecule has 13 heavy (non-hydrogen) atoms. The summed E-state index contributed by atoms with van der Waals surface area (Å²) in [5.41, 5.74) is 5.26. The van der Waals surface area contributed by atoms with Crippen molar-refractivity contribution in [3.8, 4) is 11.5 Å². The zero-order valence-electron chi connectivity index (χ0n) is 7.07. The molecule has 0 spiro atoms. The molecular weight excluding hydrogens is 173 g/mol. The van der Waals surface area contributed by atoms with Crippen molar-refractivity contribution >= 4 is 0 Å². The third kappa shape index (κ3) is 2.32. The molecule has 1 atom stereocenters. The van der Waals surface area contributed by atoms with Gasteiger partial charge in [-0.25, -0.2) is 4.39 Å². The van der Waals surface area contributed by atoms with Crippen LogP contribution in [0, 0.1) is 0 Å². The molecule has 1 unspecified atom stereocenters. The first-order valence-electron chi connectivity index (χ1n) is 4.01. The lowest BCUT2D eigenvalue weighted by Crippen LogP contribution is -2.03. The molecule has 0 heterocycles. The van der Waals surface area contributed by atoms with Gasteiger partial charge in [-0.3, -0.25) is 0 Å². The summed E-state index contributed by atoms with van der Waals surface area (Å²) in [6, 6.07) is 3.76. The predicted octanol–water partition coefficient (Wildman–Crippen LogP) is 1.46. The van der Waals surface area contributed by atoms with Gasteiger partial charge in [0.05, 0.1) is 0 Å². The van der Waals surface area contributed by atoms with Gasteiger partial charge in [-0.2, -0.15) is 0 Å². The molecule has 0 aliphatic rings. The number of rotatable bonds is 3. The van der Waals surface area contributed by atoms with Crippen LogP contribution in [-0.2, 0) is 0 Å². The van der Waals surface area contributed by atoms with Gasteiger partial charge < -0.3 is 15.9 Å². The fourth-order valence-electron chi connectivity index (χ4n) is 1.09. The summed E-state index contributed by atoms with van der Waals surface area (Å²) < 4.78 is 13.2. The Kier molecular flexibility index (Phi) is 3.08. The Hall–Kier alpha value is -1.29. The summed E-state index contributed by atoms with van der Waals surface area (Å²) in [5.74, 6) is -0.216. The molecule has 0 radical (unpaired) electrons. The van der Waals surface area contributed by atoms with Gasteiger partial charge in [-0.1, -0.05) is 0 Å². The number of nitrogens with two attached hydrogens (primary N) is 1. The Labute approximate surface area is 75.6 Å². The topological polar surface area (TPSA) is 66.5 Å². The van der Waals surface area contributed by atoms with E-state index in [9.17, 15) is 9.50 Å². The molecule has 0 aliphatic carbocycles. The first kappa shape index (κ1) is 9.80. The molecule has 1 aromatic rings. The van der Waals surface area contributed by atoms with Crippen molar-refractivity contribution in [1.82, 2.24) is 0 Å². The second-order valence-corrected chi connectivity index (χ2v) is 2.79.